The number of hydrogen-bond donors (Lipinski definition) is 1. The maximum Gasteiger partial charge on any atom is 0.168 e. The minimum absolute atomic E-state index is 0.124. The molecule has 5 heteroatoms. The molecule has 98 valence electrons. The van der Waals surface area contributed by atoms with E-state index < -0.39 is 0 Å². The van der Waals surface area contributed by atoms with Crippen LogP contribution in [0.3, 0.4) is 0 Å². The molecule has 0 saturated heterocycles. The standard InChI is InChI=1S/C14H14FN3O/c1-16-14-13-11(3-2-4-12(13)19)18(17-14)10-7-5-9(15)6-8-10/h5-8H,2-4H2,1H3,(H,16,17). The number of ketones is 1. The van der Waals surface area contributed by atoms with E-state index in [1.165, 1.54) is 12.1 Å². The van der Waals surface area contributed by atoms with Crippen molar-refractivity contribution in [3.05, 3.63) is 41.3 Å². The van der Waals surface area contributed by atoms with Crippen molar-refractivity contribution in [3.8, 4) is 5.69 Å². The van der Waals surface area contributed by atoms with Gasteiger partial charge in [0.25, 0.3) is 0 Å². The van der Waals surface area contributed by atoms with E-state index in [0.29, 0.717) is 17.8 Å². The van der Waals surface area contributed by atoms with Gasteiger partial charge in [-0.15, -0.1) is 5.10 Å². The van der Waals surface area contributed by atoms with Crippen LogP contribution in [0.1, 0.15) is 28.9 Å². The van der Waals surface area contributed by atoms with Gasteiger partial charge in [-0.25, -0.2) is 9.07 Å². The van der Waals surface area contributed by atoms with Gasteiger partial charge in [0.15, 0.2) is 11.6 Å². The third-order valence-corrected chi connectivity index (χ3v) is 3.39. The zero-order valence-corrected chi connectivity index (χ0v) is 10.6. The molecule has 0 bridgehead atoms. The maximum absolute atomic E-state index is 13.0. The van der Waals surface area contributed by atoms with Crippen LogP contribution in [0.4, 0.5) is 10.2 Å². The topological polar surface area (TPSA) is 46.9 Å². The Morgan fingerprint density at radius 3 is 2.68 bits per heavy atom. The summed E-state index contributed by atoms with van der Waals surface area (Å²) in [5.74, 6) is 0.442. The molecule has 1 heterocycles. The van der Waals surface area contributed by atoms with Crippen LogP contribution < -0.4 is 5.32 Å². The van der Waals surface area contributed by atoms with Gasteiger partial charge in [-0.05, 0) is 37.1 Å². The van der Waals surface area contributed by atoms with Gasteiger partial charge in [-0.2, -0.15) is 0 Å². The molecule has 1 aliphatic rings. The molecule has 0 fully saturated rings. The second-order valence-electron chi connectivity index (χ2n) is 4.59. The molecule has 0 radical (unpaired) electrons. The van der Waals surface area contributed by atoms with E-state index in [1.807, 2.05) is 0 Å². The highest BCUT2D eigenvalue weighted by Gasteiger charge is 2.26. The number of rotatable bonds is 2. The Bertz CT molecular complexity index is 631. The minimum atomic E-state index is -0.283. The van der Waals surface area contributed by atoms with E-state index in [-0.39, 0.29) is 11.6 Å². The van der Waals surface area contributed by atoms with Crippen molar-refractivity contribution < 1.29 is 9.18 Å². The minimum Gasteiger partial charge on any atom is -0.371 e. The summed E-state index contributed by atoms with van der Waals surface area (Å²) in [5.41, 5.74) is 2.36. The molecule has 3 rings (SSSR count). The number of anilines is 1. The highest BCUT2D eigenvalue weighted by molar-refractivity contribution is 6.02. The Kier molecular flexibility index (Phi) is 2.81. The molecule has 2 aromatic rings. The highest BCUT2D eigenvalue weighted by Crippen LogP contribution is 2.29. The van der Waals surface area contributed by atoms with Gasteiger partial charge in [0.05, 0.1) is 16.9 Å². The molecule has 19 heavy (non-hydrogen) atoms. The summed E-state index contributed by atoms with van der Waals surface area (Å²) in [6, 6.07) is 6.13. The first-order valence-corrected chi connectivity index (χ1v) is 6.29. The summed E-state index contributed by atoms with van der Waals surface area (Å²) in [6.45, 7) is 0. The largest absolute Gasteiger partial charge is 0.371 e. The summed E-state index contributed by atoms with van der Waals surface area (Å²) in [6.07, 6.45) is 2.21. The quantitative estimate of drug-likeness (QED) is 0.901. The Morgan fingerprint density at radius 1 is 1.26 bits per heavy atom. The first-order valence-electron chi connectivity index (χ1n) is 6.29. The lowest BCUT2D eigenvalue weighted by Gasteiger charge is -2.13. The van der Waals surface area contributed by atoms with Crippen molar-refractivity contribution in [1.29, 1.82) is 0 Å². The van der Waals surface area contributed by atoms with Gasteiger partial charge in [0.2, 0.25) is 0 Å². The van der Waals surface area contributed by atoms with Crippen LogP contribution in [0.15, 0.2) is 24.3 Å². The van der Waals surface area contributed by atoms with Crippen molar-refractivity contribution in [3.63, 3.8) is 0 Å². The predicted molar refractivity (Wildman–Crippen MR) is 70.3 cm³/mol. The molecular weight excluding hydrogens is 245 g/mol. The van der Waals surface area contributed by atoms with Crippen molar-refractivity contribution in [2.75, 3.05) is 12.4 Å². The lowest BCUT2D eigenvalue weighted by atomic mass is 9.96. The van der Waals surface area contributed by atoms with Crippen LogP contribution >= 0.6 is 0 Å². The highest BCUT2D eigenvalue weighted by atomic mass is 19.1. The third-order valence-electron chi connectivity index (χ3n) is 3.39. The lowest BCUT2D eigenvalue weighted by Crippen LogP contribution is -2.13. The van der Waals surface area contributed by atoms with Crippen LogP contribution in [0.25, 0.3) is 5.69 Å². The van der Waals surface area contributed by atoms with Gasteiger partial charge in [-0.3, -0.25) is 4.79 Å². The number of fused-ring (bicyclic) bond motifs is 1. The van der Waals surface area contributed by atoms with Crippen molar-refractivity contribution in [2.45, 2.75) is 19.3 Å². The van der Waals surface area contributed by atoms with Gasteiger partial charge in [0, 0.05) is 13.5 Å². The summed E-state index contributed by atoms with van der Waals surface area (Å²) in [5, 5.41) is 7.38. The number of halogens is 1. The number of carbonyl (C=O) groups is 1. The van der Waals surface area contributed by atoms with Gasteiger partial charge in [-0.1, -0.05) is 0 Å². The number of Topliss-reactive ketones (excluding diaryl/α,β-unsaturated/α-hetero) is 1. The molecule has 0 amide bonds. The Hall–Kier alpha value is -2.17. The number of aromatic nitrogens is 2. The van der Waals surface area contributed by atoms with E-state index in [4.69, 9.17) is 0 Å². The zero-order valence-electron chi connectivity index (χ0n) is 10.6. The molecule has 1 N–H and O–H groups in total. The molecule has 4 nitrogen and oxygen atoms in total. The Morgan fingerprint density at radius 2 is 2.00 bits per heavy atom. The normalized spacial score (nSPS) is 14.3. The maximum atomic E-state index is 13.0. The molecule has 1 aliphatic carbocycles. The zero-order chi connectivity index (χ0) is 13.4. The number of nitrogens with one attached hydrogen (secondary N) is 1. The van der Waals surface area contributed by atoms with Crippen molar-refractivity contribution in [2.24, 2.45) is 0 Å². The average molecular weight is 259 g/mol. The smallest absolute Gasteiger partial charge is 0.168 e. The predicted octanol–water partition coefficient (Wildman–Crippen LogP) is 2.57. The fourth-order valence-electron chi connectivity index (χ4n) is 2.49. The molecular formula is C14H14FN3O. The third kappa shape index (κ3) is 1.91. The van der Waals surface area contributed by atoms with Crippen molar-refractivity contribution >= 4 is 11.6 Å². The number of nitrogens with zero attached hydrogens (tertiary/aromatic N) is 2. The van der Waals surface area contributed by atoms with E-state index in [2.05, 4.69) is 10.4 Å². The molecule has 0 saturated carbocycles. The van der Waals surface area contributed by atoms with E-state index in [9.17, 15) is 9.18 Å². The van der Waals surface area contributed by atoms with Crippen molar-refractivity contribution in [1.82, 2.24) is 9.78 Å². The van der Waals surface area contributed by atoms with Crippen LogP contribution in [0.2, 0.25) is 0 Å². The van der Waals surface area contributed by atoms with Crippen LogP contribution in [0.5, 0.6) is 0 Å². The summed E-state index contributed by atoms with van der Waals surface area (Å²) < 4.78 is 14.7. The Labute approximate surface area is 110 Å². The second-order valence-corrected chi connectivity index (χ2v) is 4.59. The first kappa shape index (κ1) is 11.9. The first-order chi connectivity index (χ1) is 9.20. The summed E-state index contributed by atoms with van der Waals surface area (Å²) in [7, 11) is 1.75. The molecule has 0 unspecified atom stereocenters. The van der Waals surface area contributed by atoms with Gasteiger partial charge in [0.1, 0.15) is 5.82 Å². The van der Waals surface area contributed by atoms with Crippen LogP contribution in [-0.4, -0.2) is 22.6 Å². The van der Waals surface area contributed by atoms with Crippen LogP contribution in [0, 0.1) is 5.82 Å². The second kappa shape index (κ2) is 4.50. The summed E-state index contributed by atoms with van der Waals surface area (Å²) in [4.78, 5) is 12.0. The fraction of sp³-hybridized carbons (Fsp3) is 0.286. The molecule has 1 aromatic carbocycles. The fourth-order valence-corrected chi connectivity index (χ4v) is 2.49. The van der Waals surface area contributed by atoms with E-state index >= 15 is 0 Å². The average Bonchev–Trinajstić information content (AvgIpc) is 2.80. The lowest BCUT2D eigenvalue weighted by molar-refractivity contribution is 0.0973. The number of benzene rings is 1. The molecule has 0 aliphatic heterocycles. The number of carbonyl (C=O) groups excluding carboxylic acids is 1. The van der Waals surface area contributed by atoms with E-state index in [1.54, 1.807) is 23.9 Å². The SMILES string of the molecule is CNc1nn(-c2ccc(F)cc2)c2c1C(=O)CCC2. The monoisotopic (exact) mass is 259 g/mol. The molecule has 0 atom stereocenters. The van der Waals surface area contributed by atoms with Gasteiger partial charge < -0.3 is 5.32 Å². The van der Waals surface area contributed by atoms with E-state index in [0.717, 1.165) is 24.2 Å². The summed E-state index contributed by atoms with van der Waals surface area (Å²) >= 11 is 0. The Balaban J connectivity index is 2.17. The molecule has 1 aromatic heterocycles. The number of hydrogen-bond acceptors (Lipinski definition) is 3. The van der Waals surface area contributed by atoms with Crippen LogP contribution in [-0.2, 0) is 6.42 Å². The molecule has 0 spiro atoms. The van der Waals surface area contributed by atoms with Gasteiger partial charge >= 0.3 is 0 Å².